The van der Waals surface area contributed by atoms with E-state index < -0.39 is 23.0 Å². The lowest BCUT2D eigenvalue weighted by Gasteiger charge is -2.29. The molecule has 2 aromatic heterocycles. The number of nitrogens with one attached hydrogen (secondary N) is 2. The number of hydrogen-bond donors (Lipinski definition) is 2. The number of morpholine rings is 1. The summed E-state index contributed by atoms with van der Waals surface area (Å²) < 4.78 is 35.3. The molecule has 2 aliphatic rings. The number of aromatic amines is 1. The van der Waals surface area contributed by atoms with Crippen molar-refractivity contribution in [2.45, 2.75) is 12.8 Å². The Morgan fingerprint density at radius 1 is 1.23 bits per heavy atom. The van der Waals surface area contributed by atoms with Gasteiger partial charge in [0.1, 0.15) is 23.6 Å². The van der Waals surface area contributed by atoms with E-state index in [2.05, 4.69) is 20.3 Å². The summed E-state index contributed by atoms with van der Waals surface area (Å²) in [6.07, 6.45) is 5.14. The van der Waals surface area contributed by atoms with Gasteiger partial charge in [0.25, 0.3) is 0 Å². The van der Waals surface area contributed by atoms with E-state index in [0.29, 0.717) is 49.1 Å². The van der Waals surface area contributed by atoms with E-state index in [1.165, 1.54) is 18.6 Å². The average Bonchev–Trinajstić information content (AvgIpc) is 3.49. The van der Waals surface area contributed by atoms with Gasteiger partial charge in [0, 0.05) is 25.8 Å². The summed E-state index contributed by atoms with van der Waals surface area (Å²) in [5.41, 5.74) is 0.209. The SMILES string of the molecule is O=C(c1c(F)ccc(N2CCOCC2)c1F)c1c[nH]c2ncnc(NCC3CC3)c12. The molecule has 0 amide bonds. The Kier molecular flexibility index (Phi) is 4.82. The van der Waals surface area contributed by atoms with Gasteiger partial charge in [-0.15, -0.1) is 0 Å². The van der Waals surface area contributed by atoms with Crippen molar-refractivity contribution in [2.24, 2.45) is 5.92 Å². The van der Waals surface area contributed by atoms with Crippen LogP contribution in [0.3, 0.4) is 0 Å². The molecular formula is C21H21F2N5O2. The molecule has 1 saturated carbocycles. The molecular weight excluding hydrogens is 392 g/mol. The first kappa shape index (κ1) is 18.9. The second kappa shape index (κ2) is 7.64. The summed E-state index contributed by atoms with van der Waals surface area (Å²) in [5, 5.41) is 3.69. The number of ketones is 1. The summed E-state index contributed by atoms with van der Waals surface area (Å²) in [6.45, 7) is 2.60. The number of nitrogens with zero attached hydrogens (tertiary/aromatic N) is 3. The summed E-state index contributed by atoms with van der Waals surface area (Å²) >= 11 is 0. The standard InChI is InChI=1S/C21H21F2N5O2/c22-14-3-4-15(28-5-7-30-8-6-28)18(23)17(14)19(29)13-10-25-21-16(13)20(26-11-27-21)24-9-12-1-2-12/h3-4,10-12H,1-2,5-9H2,(H2,24,25,26,27). The number of halogens is 2. The lowest BCUT2D eigenvalue weighted by molar-refractivity contribution is 0.103. The minimum absolute atomic E-state index is 0.140. The second-order valence-corrected chi connectivity index (χ2v) is 7.66. The normalized spacial score (nSPS) is 16.8. The molecule has 7 nitrogen and oxygen atoms in total. The zero-order valence-electron chi connectivity index (χ0n) is 16.3. The molecule has 0 atom stereocenters. The maximum absolute atomic E-state index is 15.3. The third-order valence-electron chi connectivity index (χ3n) is 5.62. The van der Waals surface area contributed by atoms with Crippen LogP contribution in [0.2, 0.25) is 0 Å². The number of H-pyrrole nitrogens is 1. The van der Waals surface area contributed by atoms with Crippen LogP contribution in [0, 0.1) is 17.6 Å². The Morgan fingerprint density at radius 3 is 2.80 bits per heavy atom. The average molecular weight is 413 g/mol. The number of aromatic nitrogens is 3. The maximum atomic E-state index is 15.3. The van der Waals surface area contributed by atoms with Gasteiger partial charge in [0.15, 0.2) is 5.82 Å². The third kappa shape index (κ3) is 3.39. The number of benzene rings is 1. The van der Waals surface area contributed by atoms with E-state index in [1.54, 1.807) is 4.90 Å². The number of rotatable bonds is 6. The Labute approximate surface area is 171 Å². The van der Waals surface area contributed by atoms with Crippen molar-refractivity contribution in [2.75, 3.05) is 43.1 Å². The van der Waals surface area contributed by atoms with E-state index in [-0.39, 0.29) is 11.3 Å². The first-order valence-corrected chi connectivity index (χ1v) is 10.0. The van der Waals surface area contributed by atoms with Gasteiger partial charge in [-0.2, -0.15) is 0 Å². The molecule has 0 unspecified atom stereocenters. The summed E-state index contributed by atoms with van der Waals surface area (Å²) in [5.74, 6) is -1.42. The lowest BCUT2D eigenvalue weighted by atomic mass is 10.0. The fourth-order valence-corrected chi connectivity index (χ4v) is 3.77. The molecule has 1 aliphatic heterocycles. The van der Waals surface area contributed by atoms with Crippen LogP contribution < -0.4 is 10.2 Å². The Balaban J connectivity index is 1.55. The molecule has 30 heavy (non-hydrogen) atoms. The molecule has 0 radical (unpaired) electrons. The highest BCUT2D eigenvalue weighted by atomic mass is 19.1. The van der Waals surface area contributed by atoms with Crippen molar-refractivity contribution in [3.8, 4) is 0 Å². The number of fused-ring (bicyclic) bond motifs is 1. The molecule has 2 fully saturated rings. The molecule has 0 bridgehead atoms. The van der Waals surface area contributed by atoms with Crippen molar-refractivity contribution < 1.29 is 18.3 Å². The summed E-state index contributed by atoms with van der Waals surface area (Å²) in [7, 11) is 0. The van der Waals surface area contributed by atoms with Gasteiger partial charge in [-0.05, 0) is 30.9 Å². The van der Waals surface area contributed by atoms with Crippen molar-refractivity contribution in [1.29, 1.82) is 0 Å². The Bertz CT molecular complexity index is 1110. The van der Waals surface area contributed by atoms with Crippen LogP contribution in [0.5, 0.6) is 0 Å². The minimum Gasteiger partial charge on any atom is -0.378 e. The fourth-order valence-electron chi connectivity index (χ4n) is 3.77. The van der Waals surface area contributed by atoms with Crippen molar-refractivity contribution >= 4 is 28.3 Å². The predicted molar refractivity (Wildman–Crippen MR) is 108 cm³/mol. The second-order valence-electron chi connectivity index (χ2n) is 7.66. The monoisotopic (exact) mass is 413 g/mol. The molecule has 3 heterocycles. The van der Waals surface area contributed by atoms with Crippen LogP contribution in [-0.4, -0.2) is 53.6 Å². The van der Waals surface area contributed by atoms with Crippen LogP contribution in [0.4, 0.5) is 20.3 Å². The zero-order valence-corrected chi connectivity index (χ0v) is 16.3. The molecule has 1 aromatic carbocycles. The Hall–Kier alpha value is -3.07. The van der Waals surface area contributed by atoms with Gasteiger partial charge < -0.3 is 19.9 Å². The molecule has 156 valence electrons. The van der Waals surface area contributed by atoms with Gasteiger partial charge in [-0.3, -0.25) is 4.79 Å². The number of anilines is 2. The first-order chi connectivity index (χ1) is 14.6. The molecule has 3 aromatic rings. The quantitative estimate of drug-likeness (QED) is 0.604. The van der Waals surface area contributed by atoms with Crippen molar-refractivity contribution in [1.82, 2.24) is 15.0 Å². The fraction of sp³-hybridized carbons (Fsp3) is 0.381. The molecule has 1 aliphatic carbocycles. The third-order valence-corrected chi connectivity index (χ3v) is 5.62. The van der Waals surface area contributed by atoms with Gasteiger partial charge >= 0.3 is 0 Å². The summed E-state index contributed by atoms with van der Waals surface area (Å²) in [4.78, 5) is 26.3. The maximum Gasteiger partial charge on any atom is 0.201 e. The van der Waals surface area contributed by atoms with Crippen LogP contribution in [0.25, 0.3) is 11.0 Å². The number of ether oxygens (including phenoxy) is 1. The highest BCUT2D eigenvalue weighted by molar-refractivity contribution is 6.18. The zero-order chi connectivity index (χ0) is 20.7. The topological polar surface area (TPSA) is 83.1 Å². The Morgan fingerprint density at radius 2 is 2.03 bits per heavy atom. The van der Waals surface area contributed by atoms with E-state index in [1.807, 2.05) is 0 Å². The van der Waals surface area contributed by atoms with Crippen molar-refractivity contribution in [3.63, 3.8) is 0 Å². The highest BCUT2D eigenvalue weighted by Crippen LogP contribution is 2.32. The number of hydrogen-bond acceptors (Lipinski definition) is 6. The van der Waals surface area contributed by atoms with E-state index in [9.17, 15) is 9.18 Å². The van der Waals surface area contributed by atoms with E-state index in [0.717, 1.165) is 25.5 Å². The van der Waals surface area contributed by atoms with Gasteiger partial charge in [0.2, 0.25) is 5.78 Å². The van der Waals surface area contributed by atoms with Crippen molar-refractivity contribution in [3.05, 3.63) is 47.4 Å². The summed E-state index contributed by atoms with van der Waals surface area (Å²) in [6, 6.07) is 2.51. The minimum atomic E-state index is -0.895. The van der Waals surface area contributed by atoms with Gasteiger partial charge in [0.05, 0.1) is 35.4 Å². The molecule has 9 heteroatoms. The van der Waals surface area contributed by atoms with Crippen LogP contribution >= 0.6 is 0 Å². The van der Waals surface area contributed by atoms with E-state index >= 15 is 4.39 Å². The molecule has 1 saturated heterocycles. The van der Waals surface area contributed by atoms with E-state index in [4.69, 9.17) is 4.74 Å². The predicted octanol–water partition coefficient (Wildman–Crippen LogP) is 3.13. The molecule has 0 spiro atoms. The van der Waals surface area contributed by atoms with Gasteiger partial charge in [-0.1, -0.05) is 0 Å². The van der Waals surface area contributed by atoms with Crippen LogP contribution in [0.15, 0.2) is 24.7 Å². The largest absolute Gasteiger partial charge is 0.378 e. The molecule has 5 rings (SSSR count). The van der Waals surface area contributed by atoms with Crippen LogP contribution in [0.1, 0.15) is 28.8 Å². The number of carbonyl (C=O) groups is 1. The lowest BCUT2D eigenvalue weighted by Crippen LogP contribution is -2.37. The number of carbonyl (C=O) groups excluding carboxylic acids is 1. The smallest absolute Gasteiger partial charge is 0.201 e. The molecule has 2 N–H and O–H groups in total. The van der Waals surface area contributed by atoms with Gasteiger partial charge in [-0.25, -0.2) is 18.7 Å². The highest BCUT2D eigenvalue weighted by Gasteiger charge is 2.28. The van der Waals surface area contributed by atoms with Crippen LogP contribution in [-0.2, 0) is 4.74 Å². The first-order valence-electron chi connectivity index (χ1n) is 10.0.